The van der Waals surface area contributed by atoms with E-state index in [1.165, 1.54) is 11.0 Å². The summed E-state index contributed by atoms with van der Waals surface area (Å²) in [6, 6.07) is 14.7. The highest BCUT2D eigenvalue weighted by atomic mass is 16.4. The summed E-state index contributed by atoms with van der Waals surface area (Å²) < 4.78 is 0. The van der Waals surface area contributed by atoms with Gasteiger partial charge in [-0.3, -0.25) is 14.5 Å². The molecular formula is C21H19NO4. The van der Waals surface area contributed by atoms with Crippen molar-refractivity contribution in [2.45, 2.75) is 19.8 Å². The highest BCUT2D eigenvalue weighted by Crippen LogP contribution is 2.29. The fraction of sp³-hybridized carbons (Fsp3) is 0.190. The molecule has 5 nitrogen and oxygen atoms in total. The van der Waals surface area contributed by atoms with E-state index in [4.69, 9.17) is 5.11 Å². The molecule has 0 bridgehead atoms. The predicted octanol–water partition coefficient (Wildman–Crippen LogP) is 3.22. The summed E-state index contributed by atoms with van der Waals surface area (Å²) in [7, 11) is 0. The lowest BCUT2D eigenvalue weighted by molar-refractivity contribution is -0.131. The van der Waals surface area contributed by atoms with Crippen LogP contribution in [0.15, 0.2) is 54.6 Å². The summed E-state index contributed by atoms with van der Waals surface area (Å²) >= 11 is 0. The lowest BCUT2D eigenvalue weighted by Gasteiger charge is -2.16. The molecule has 132 valence electrons. The Morgan fingerprint density at radius 2 is 1.96 bits per heavy atom. The minimum absolute atomic E-state index is 0.183. The topological polar surface area (TPSA) is 74.7 Å². The van der Waals surface area contributed by atoms with Crippen molar-refractivity contribution in [3.05, 3.63) is 71.3 Å². The van der Waals surface area contributed by atoms with E-state index in [9.17, 15) is 14.4 Å². The number of aryl methyl sites for hydroxylation is 1. The molecule has 1 heterocycles. The maximum atomic E-state index is 12.8. The van der Waals surface area contributed by atoms with Gasteiger partial charge >= 0.3 is 5.97 Å². The van der Waals surface area contributed by atoms with Crippen LogP contribution in [0.2, 0.25) is 0 Å². The fourth-order valence-corrected chi connectivity index (χ4v) is 3.18. The smallest absolute Gasteiger partial charge is 0.328 e. The van der Waals surface area contributed by atoms with Crippen LogP contribution in [0.4, 0.5) is 5.69 Å². The second kappa shape index (κ2) is 7.35. The van der Waals surface area contributed by atoms with Crippen LogP contribution in [0.1, 0.15) is 23.1 Å². The fourth-order valence-electron chi connectivity index (χ4n) is 3.18. The number of hydrogen-bond donors (Lipinski definition) is 1. The van der Waals surface area contributed by atoms with Crippen LogP contribution in [0.5, 0.6) is 0 Å². The standard InChI is InChI=1S/C21H19NO4/c1-14-4-2-6-16(10-14)11-17-13-19(23)22(21(17)26)18-7-3-5-15(12-18)8-9-20(24)25/h2-10,12,17H,11,13H2,1H3,(H,24,25)/b9-8+. The van der Waals surface area contributed by atoms with Crippen LogP contribution in [0.3, 0.4) is 0 Å². The number of imide groups is 1. The van der Waals surface area contributed by atoms with E-state index in [0.717, 1.165) is 17.2 Å². The number of nitrogens with zero attached hydrogens (tertiary/aromatic N) is 1. The van der Waals surface area contributed by atoms with Crippen molar-refractivity contribution >= 4 is 29.5 Å². The normalized spacial score (nSPS) is 17.3. The average Bonchev–Trinajstić information content (AvgIpc) is 2.87. The Labute approximate surface area is 151 Å². The highest BCUT2D eigenvalue weighted by Gasteiger charge is 2.39. The van der Waals surface area contributed by atoms with E-state index in [1.807, 2.05) is 31.2 Å². The minimum Gasteiger partial charge on any atom is -0.478 e. The van der Waals surface area contributed by atoms with Crippen LogP contribution >= 0.6 is 0 Å². The predicted molar refractivity (Wildman–Crippen MR) is 98.6 cm³/mol. The summed E-state index contributed by atoms with van der Waals surface area (Å²) in [6.07, 6.45) is 3.16. The van der Waals surface area contributed by atoms with Crippen LogP contribution < -0.4 is 4.90 Å². The zero-order valence-electron chi connectivity index (χ0n) is 14.4. The Kier molecular flexibility index (Phi) is 4.98. The molecule has 0 aliphatic carbocycles. The minimum atomic E-state index is -1.05. The number of benzene rings is 2. The Morgan fingerprint density at radius 3 is 2.69 bits per heavy atom. The van der Waals surface area contributed by atoms with Crippen molar-refractivity contribution < 1.29 is 19.5 Å². The van der Waals surface area contributed by atoms with E-state index >= 15 is 0 Å². The summed E-state index contributed by atoms with van der Waals surface area (Å²) in [5.41, 5.74) is 3.25. The number of rotatable bonds is 5. The Bertz CT molecular complexity index is 900. The second-order valence-electron chi connectivity index (χ2n) is 6.43. The molecule has 2 aromatic rings. The molecule has 1 aliphatic rings. The zero-order valence-corrected chi connectivity index (χ0v) is 14.4. The SMILES string of the molecule is Cc1cccc(CC2CC(=O)N(c3cccc(/C=C/C(=O)O)c3)C2=O)c1. The molecular weight excluding hydrogens is 330 g/mol. The molecule has 0 spiro atoms. The molecule has 0 saturated carbocycles. The van der Waals surface area contributed by atoms with Crippen molar-refractivity contribution in [1.29, 1.82) is 0 Å². The van der Waals surface area contributed by atoms with E-state index in [2.05, 4.69) is 0 Å². The number of amides is 2. The first-order valence-corrected chi connectivity index (χ1v) is 8.37. The third-order valence-electron chi connectivity index (χ3n) is 4.35. The molecule has 0 radical (unpaired) electrons. The summed E-state index contributed by atoms with van der Waals surface area (Å²) in [4.78, 5) is 37.1. The molecule has 0 aromatic heterocycles. The molecule has 3 rings (SSSR count). The molecule has 1 N–H and O–H groups in total. The number of carboxylic acids is 1. The van der Waals surface area contributed by atoms with Crippen LogP contribution in [-0.4, -0.2) is 22.9 Å². The Hall–Kier alpha value is -3.21. The Morgan fingerprint density at radius 1 is 1.19 bits per heavy atom. The van der Waals surface area contributed by atoms with Crippen LogP contribution in [0, 0.1) is 12.8 Å². The van der Waals surface area contributed by atoms with Crippen LogP contribution in [0.25, 0.3) is 6.08 Å². The van der Waals surface area contributed by atoms with Crippen molar-refractivity contribution in [2.75, 3.05) is 4.90 Å². The maximum absolute atomic E-state index is 12.8. The molecule has 5 heteroatoms. The van der Waals surface area contributed by atoms with Gasteiger partial charge in [0.25, 0.3) is 0 Å². The van der Waals surface area contributed by atoms with E-state index in [1.54, 1.807) is 24.3 Å². The maximum Gasteiger partial charge on any atom is 0.328 e. The lowest BCUT2D eigenvalue weighted by Crippen LogP contribution is -2.30. The van der Waals surface area contributed by atoms with Gasteiger partial charge in [-0.1, -0.05) is 42.0 Å². The molecule has 1 aliphatic heterocycles. The largest absolute Gasteiger partial charge is 0.478 e. The van der Waals surface area contributed by atoms with Crippen LogP contribution in [-0.2, 0) is 20.8 Å². The molecule has 2 amide bonds. The van der Waals surface area contributed by atoms with Gasteiger partial charge in [-0.25, -0.2) is 4.79 Å². The van der Waals surface area contributed by atoms with Gasteiger partial charge in [0.1, 0.15) is 0 Å². The summed E-state index contributed by atoms with van der Waals surface area (Å²) in [6.45, 7) is 1.99. The monoisotopic (exact) mass is 349 g/mol. The summed E-state index contributed by atoms with van der Waals surface area (Å²) in [5.74, 6) is -1.87. The van der Waals surface area contributed by atoms with Gasteiger partial charge in [-0.2, -0.15) is 0 Å². The second-order valence-corrected chi connectivity index (χ2v) is 6.43. The van der Waals surface area contributed by atoms with E-state index in [-0.39, 0.29) is 24.2 Å². The number of carbonyl (C=O) groups is 3. The number of hydrogen-bond acceptors (Lipinski definition) is 3. The zero-order chi connectivity index (χ0) is 18.7. The van der Waals surface area contributed by atoms with Crippen molar-refractivity contribution in [3.63, 3.8) is 0 Å². The van der Waals surface area contributed by atoms with Gasteiger partial charge in [0.15, 0.2) is 0 Å². The first kappa shape index (κ1) is 17.6. The molecule has 1 atom stereocenters. The third kappa shape index (κ3) is 3.88. The van der Waals surface area contributed by atoms with Gasteiger partial charge in [-0.05, 0) is 42.7 Å². The molecule has 2 aromatic carbocycles. The molecule has 26 heavy (non-hydrogen) atoms. The molecule has 1 fully saturated rings. The number of carboxylic acid groups (broad SMARTS) is 1. The van der Waals surface area contributed by atoms with Gasteiger partial charge < -0.3 is 5.11 Å². The first-order valence-electron chi connectivity index (χ1n) is 8.37. The lowest BCUT2D eigenvalue weighted by atomic mass is 9.97. The number of carbonyl (C=O) groups excluding carboxylic acids is 2. The highest BCUT2D eigenvalue weighted by molar-refractivity contribution is 6.21. The van der Waals surface area contributed by atoms with Gasteiger partial charge in [0.2, 0.25) is 11.8 Å². The first-order chi connectivity index (χ1) is 12.4. The number of anilines is 1. The van der Waals surface area contributed by atoms with Gasteiger partial charge in [0, 0.05) is 12.5 Å². The van der Waals surface area contributed by atoms with Crippen molar-refractivity contribution in [1.82, 2.24) is 0 Å². The van der Waals surface area contributed by atoms with Crippen molar-refractivity contribution in [2.24, 2.45) is 5.92 Å². The quantitative estimate of drug-likeness (QED) is 0.664. The van der Waals surface area contributed by atoms with E-state index < -0.39 is 5.97 Å². The average molecular weight is 349 g/mol. The molecule has 1 saturated heterocycles. The third-order valence-corrected chi connectivity index (χ3v) is 4.35. The van der Waals surface area contributed by atoms with Gasteiger partial charge in [0.05, 0.1) is 11.6 Å². The number of aliphatic carboxylic acids is 1. The van der Waals surface area contributed by atoms with E-state index in [0.29, 0.717) is 17.7 Å². The van der Waals surface area contributed by atoms with Crippen molar-refractivity contribution in [3.8, 4) is 0 Å². The Balaban J connectivity index is 1.81. The molecule has 1 unspecified atom stereocenters. The summed E-state index contributed by atoms with van der Waals surface area (Å²) in [5, 5.41) is 8.73. The van der Waals surface area contributed by atoms with Gasteiger partial charge in [-0.15, -0.1) is 0 Å².